The average Bonchev–Trinajstić information content (AvgIpc) is 2.50. The quantitative estimate of drug-likeness (QED) is 0.837. The average molecular weight is 282 g/mol. The van der Waals surface area contributed by atoms with Gasteiger partial charge in [-0.25, -0.2) is 0 Å². The maximum atomic E-state index is 4.60. The standard InChI is InChI=1S/C19H26N2/c1-5-12-20-19(18-15(4)7-6-13-21-18)17-10-8-16(9-11-17)14(2)3/h6-11,13-14,19-20H,5,12H2,1-4H3. The molecule has 0 spiro atoms. The van der Waals surface area contributed by atoms with E-state index in [0.717, 1.165) is 18.7 Å². The number of nitrogens with one attached hydrogen (secondary N) is 1. The van der Waals surface area contributed by atoms with Crippen LogP contribution in [0.15, 0.2) is 42.6 Å². The number of rotatable bonds is 6. The van der Waals surface area contributed by atoms with Gasteiger partial charge in [-0.1, -0.05) is 51.1 Å². The van der Waals surface area contributed by atoms with Gasteiger partial charge < -0.3 is 5.32 Å². The van der Waals surface area contributed by atoms with E-state index in [9.17, 15) is 0 Å². The highest BCUT2D eigenvalue weighted by Crippen LogP contribution is 2.25. The van der Waals surface area contributed by atoms with Crippen LogP contribution in [0.4, 0.5) is 0 Å². The molecule has 0 radical (unpaired) electrons. The number of aryl methyl sites for hydroxylation is 1. The second kappa shape index (κ2) is 7.37. The molecule has 0 amide bonds. The Morgan fingerprint density at radius 2 is 1.71 bits per heavy atom. The summed E-state index contributed by atoms with van der Waals surface area (Å²) in [4.78, 5) is 4.60. The smallest absolute Gasteiger partial charge is 0.0754 e. The third-order valence-electron chi connectivity index (χ3n) is 3.86. The number of benzene rings is 1. The van der Waals surface area contributed by atoms with Gasteiger partial charge in [0, 0.05) is 6.20 Å². The van der Waals surface area contributed by atoms with Gasteiger partial charge in [-0.2, -0.15) is 0 Å². The minimum absolute atomic E-state index is 0.173. The molecule has 1 heterocycles. The third-order valence-corrected chi connectivity index (χ3v) is 3.86. The van der Waals surface area contributed by atoms with E-state index in [4.69, 9.17) is 0 Å². The number of pyridine rings is 1. The largest absolute Gasteiger partial charge is 0.305 e. The first-order valence-corrected chi connectivity index (χ1v) is 7.88. The third kappa shape index (κ3) is 3.92. The van der Waals surface area contributed by atoms with Gasteiger partial charge in [-0.05, 0) is 48.6 Å². The van der Waals surface area contributed by atoms with E-state index < -0.39 is 0 Å². The van der Waals surface area contributed by atoms with Gasteiger partial charge in [-0.3, -0.25) is 4.98 Å². The van der Waals surface area contributed by atoms with Crippen molar-refractivity contribution in [1.29, 1.82) is 0 Å². The van der Waals surface area contributed by atoms with Crippen LogP contribution in [0.2, 0.25) is 0 Å². The first-order chi connectivity index (χ1) is 10.1. The highest BCUT2D eigenvalue weighted by atomic mass is 14.9. The molecule has 2 heteroatoms. The Labute approximate surface area is 128 Å². The van der Waals surface area contributed by atoms with E-state index in [2.05, 4.69) is 68.3 Å². The molecule has 0 fully saturated rings. The van der Waals surface area contributed by atoms with Crippen molar-refractivity contribution in [3.05, 3.63) is 65.0 Å². The molecule has 1 atom stereocenters. The highest BCUT2D eigenvalue weighted by molar-refractivity contribution is 5.34. The molecule has 1 aromatic heterocycles. The first-order valence-electron chi connectivity index (χ1n) is 7.88. The summed E-state index contributed by atoms with van der Waals surface area (Å²) in [5.74, 6) is 0.567. The number of hydrogen-bond acceptors (Lipinski definition) is 2. The summed E-state index contributed by atoms with van der Waals surface area (Å²) in [5.41, 5.74) is 5.03. The Balaban J connectivity index is 2.33. The zero-order valence-electron chi connectivity index (χ0n) is 13.6. The topological polar surface area (TPSA) is 24.9 Å². The van der Waals surface area contributed by atoms with Crippen LogP contribution < -0.4 is 5.32 Å². The van der Waals surface area contributed by atoms with Gasteiger partial charge in [0.2, 0.25) is 0 Å². The number of nitrogens with zero attached hydrogens (tertiary/aromatic N) is 1. The van der Waals surface area contributed by atoms with Gasteiger partial charge in [0.05, 0.1) is 11.7 Å². The highest BCUT2D eigenvalue weighted by Gasteiger charge is 2.16. The van der Waals surface area contributed by atoms with Crippen molar-refractivity contribution in [3.63, 3.8) is 0 Å². The van der Waals surface area contributed by atoms with Crippen LogP contribution in [-0.2, 0) is 0 Å². The predicted molar refractivity (Wildman–Crippen MR) is 89.6 cm³/mol. The van der Waals surface area contributed by atoms with Crippen molar-refractivity contribution >= 4 is 0 Å². The van der Waals surface area contributed by atoms with E-state index in [0.29, 0.717) is 5.92 Å². The van der Waals surface area contributed by atoms with Gasteiger partial charge >= 0.3 is 0 Å². The van der Waals surface area contributed by atoms with Gasteiger partial charge in [0.1, 0.15) is 0 Å². The van der Waals surface area contributed by atoms with Crippen molar-refractivity contribution < 1.29 is 0 Å². The van der Waals surface area contributed by atoms with Crippen molar-refractivity contribution in [2.45, 2.75) is 46.1 Å². The summed E-state index contributed by atoms with van der Waals surface area (Å²) in [5, 5.41) is 3.63. The molecule has 0 aliphatic heterocycles. The second-order valence-electron chi connectivity index (χ2n) is 5.91. The Bertz CT molecular complexity index is 558. The molecule has 0 saturated heterocycles. The normalized spacial score (nSPS) is 12.6. The van der Waals surface area contributed by atoms with Crippen molar-refractivity contribution in [2.75, 3.05) is 6.54 Å². The lowest BCUT2D eigenvalue weighted by atomic mass is 9.96. The Morgan fingerprint density at radius 3 is 2.29 bits per heavy atom. The molecule has 2 nitrogen and oxygen atoms in total. The van der Waals surface area contributed by atoms with E-state index in [1.165, 1.54) is 16.7 Å². The van der Waals surface area contributed by atoms with Crippen LogP contribution in [0.5, 0.6) is 0 Å². The Kier molecular flexibility index (Phi) is 5.51. The Morgan fingerprint density at radius 1 is 1.05 bits per heavy atom. The van der Waals surface area contributed by atoms with Crippen LogP contribution in [0.3, 0.4) is 0 Å². The molecule has 0 aliphatic rings. The van der Waals surface area contributed by atoms with E-state index >= 15 is 0 Å². The zero-order valence-corrected chi connectivity index (χ0v) is 13.6. The fourth-order valence-electron chi connectivity index (χ4n) is 2.53. The lowest BCUT2D eigenvalue weighted by molar-refractivity contribution is 0.583. The van der Waals surface area contributed by atoms with Crippen molar-refractivity contribution in [3.8, 4) is 0 Å². The fourth-order valence-corrected chi connectivity index (χ4v) is 2.53. The monoisotopic (exact) mass is 282 g/mol. The first kappa shape index (κ1) is 15.7. The minimum atomic E-state index is 0.173. The molecule has 0 saturated carbocycles. The van der Waals surface area contributed by atoms with Gasteiger partial charge in [0.25, 0.3) is 0 Å². The summed E-state index contributed by atoms with van der Waals surface area (Å²) in [7, 11) is 0. The molecular weight excluding hydrogens is 256 g/mol. The number of aromatic nitrogens is 1. The summed E-state index contributed by atoms with van der Waals surface area (Å²) < 4.78 is 0. The lowest BCUT2D eigenvalue weighted by Crippen LogP contribution is -2.24. The Hall–Kier alpha value is -1.67. The summed E-state index contributed by atoms with van der Waals surface area (Å²) in [6, 6.07) is 13.2. The van der Waals surface area contributed by atoms with Gasteiger partial charge in [0.15, 0.2) is 0 Å². The van der Waals surface area contributed by atoms with Crippen LogP contribution in [0.1, 0.15) is 61.5 Å². The maximum absolute atomic E-state index is 4.60. The maximum Gasteiger partial charge on any atom is 0.0754 e. The van der Waals surface area contributed by atoms with E-state index in [1.807, 2.05) is 12.3 Å². The molecule has 2 aromatic rings. The molecule has 1 N–H and O–H groups in total. The summed E-state index contributed by atoms with van der Waals surface area (Å²) in [6.45, 7) is 9.77. The minimum Gasteiger partial charge on any atom is -0.305 e. The summed E-state index contributed by atoms with van der Waals surface area (Å²) >= 11 is 0. The van der Waals surface area contributed by atoms with Crippen molar-refractivity contribution in [2.24, 2.45) is 0 Å². The SMILES string of the molecule is CCCNC(c1ccc(C(C)C)cc1)c1ncccc1C. The van der Waals surface area contributed by atoms with Gasteiger partial charge in [-0.15, -0.1) is 0 Å². The van der Waals surface area contributed by atoms with Crippen LogP contribution >= 0.6 is 0 Å². The molecule has 112 valence electrons. The van der Waals surface area contributed by atoms with E-state index in [1.54, 1.807) is 0 Å². The lowest BCUT2D eigenvalue weighted by Gasteiger charge is -2.21. The fraction of sp³-hybridized carbons (Fsp3) is 0.421. The predicted octanol–water partition coefficient (Wildman–Crippen LogP) is 4.60. The molecule has 1 unspecified atom stereocenters. The molecule has 0 aliphatic carbocycles. The molecule has 21 heavy (non-hydrogen) atoms. The molecule has 0 bridgehead atoms. The number of hydrogen-bond donors (Lipinski definition) is 1. The van der Waals surface area contributed by atoms with Crippen molar-refractivity contribution in [1.82, 2.24) is 10.3 Å². The zero-order chi connectivity index (χ0) is 15.2. The molecule has 1 aromatic carbocycles. The molecular formula is C19H26N2. The van der Waals surface area contributed by atoms with Crippen LogP contribution in [0, 0.1) is 6.92 Å². The summed E-state index contributed by atoms with van der Waals surface area (Å²) in [6.07, 6.45) is 3.00. The van der Waals surface area contributed by atoms with Crippen LogP contribution in [-0.4, -0.2) is 11.5 Å². The van der Waals surface area contributed by atoms with E-state index in [-0.39, 0.29) is 6.04 Å². The van der Waals surface area contributed by atoms with Crippen LogP contribution in [0.25, 0.3) is 0 Å². The second-order valence-corrected chi connectivity index (χ2v) is 5.91. The molecule has 2 rings (SSSR count).